The van der Waals surface area contributed by atoms with E-state index in [0.29, 0.717) is 6.54 Å². The minimum Gasteiger partial charge on any atom is -0.358 e. The number of likely N-dealkylation sites (N-methyl/N-ethyl adjacent to an activating group) is 1. The van der Waals surface area contributed by atoms with Crippen molar-refractivity contribution >= 4 is 23.6 Å². The second-order valence-electron chi connectivity index (χ2n) is 4.49. The minimum absolute atomic E-state index is 0.0895. The molecule has 0 aliphatic carbocycles. The third-order valence-electron chi connectivity index (χ3n) is 3.10. The Morgan fingerprint density at radius 2 is 2.11 bits per heavy atom. The largest absolute Gasteiger partial charge is 0.358 e. The van der Waals surface area contributed by atoms with Gasteiger partial charge in [0.25, 0.3) is 5.91 Å². The topological polar surface area (TPSA) is 114 Å². The van der Waals surface area contributed by atoms with Crippen LogP contribution >= 0.6 is 0 Å². The SMILES string of the molecule is CNC(=O)CNCCN1C(=O)NC(C)(C(C)=N)C1=O. The molecule has 1 saturated heterocycles. The molecule has 0 saturated carbocycles. The van der Waals surface area contributed by atoms with Crippen LogP contribution in [0.15, 0.2) is 0 Å². The number of carbonyl (C=O) groups is 3. The van der Waals surface area contributed by atoms with Crippen molar-refractivity contribution in [3.05, 3.63) is 0 Å². The van der Waals surface area contributed by atoms with Crippen molar-refractivity contribution < 1.29 is 14.4 Å². The molecule has 4 N–H and O–H groups in total. The predicted octanol–water partition coefficient (Wildman–Crippen LogP) is -1.33. The van der Waals surface area contributed by atoms with E-state index >= 15 is 0 Å². The Morgan fingerprint density at radius 3 is 2.58 bits per heavy atom. The first-order valence-corrected chi connectivity index (χ1v) is 5.94. The van der Waals surface area contributed by atoms with Crippen LogP contribution in [0.2, 0.25) is 0 Å². The summed E-state index contributed by atoms with van der Waals surface area (Å²) in [6.45, 7) is 3.59. The van der Waals surface area contributed by atoms with Crippen LogP contribution in [0.1, 0.15) is 13.8 Å². The van der Waals surface area contributed by atoms with Crippen LogP contribution in [0.5, 0.6) is 0 Å². The van der Waals surface area contributed by atoms with E-state index in [-0.39, 0.29) is 24.7 Å². The van der Waals surface area contributed by atoms with Gasteiger partial charge in [-0.3, -0.25) is 14.5 Å². The van der Waals surface area contributed by atoms with Crippen molar-refractivity contribution in [3.8, 4) is 0 Å². The van der Waals surface area contributed by atoms with Gasteiger partial charge >= 0.3 is 6.03 Å². The van der Waals surface area contributed by atoms with Crippen molar-refractivity contribution in [2.24, 2.45) is 0 Å². The van der Waals surface area contributed by atoms with Crippen LogP contribution in [-0.2, 0) is 9.59 Å². The van der Waals surface area contributed by atoms with E-state index in [0.717, 1.165) is 4.90 Å². The van der Waals surface area contributed by atoms with E-state index in [9.17, 15) is 14.4 Å². The molecule has 8 nitrogen and oxygen atoms in total. The summed E-state index contributed by atoms with van der Waals surface area (Å²) in [6.07, 6.45) is 0. The fourth-order valence-corrected chi connectivity index (χ4v) is 1.64. The molecule has 0 bridgehead atoms. The van der Waals surface area contributed by atoms with E-state index < -0.39 is 17.5 Å². The lowest BCUT2D eigenvalue weighted by Crippen LogP contribution is -2.50. The lowest BCUT2D eigenvalue weighted by Gasteiger charge is -2.20. The maximum absolute atomic E-state index is 12.1. The van der Waals surface area contributed by atoms with Crippen molar-refractivity contribution in [2.45, 2.75) is 19.4 Å². The van der Waals surface area contributed by atoms with Crippen LogP contribution in [0.4, 0.5) is 4.79 Å². The molecule has 1 unspecified atom stereocenters. The summed E-state index contributed by atoms with van der Waals surface area (Å²) in [5.74, 6) is -0.607. The molecule has 0 spiro atoms. The molecule has 4 amide bonds. The highest BCUT2D eigenvalue weighted by molar-refractivity contribution is 6.20. The standard InChI is InChI=1S/C11H19N5O3/c1-7(12)11(2)9(18)16(10(19)15-11)5-4-14-6-8(17)13-3/h12,14H,4-6H2,1-3H3,(H,13,17)(H,15,19). The highest BCUT2D eigenvalue weighted by Crippen LogP contribution is 2.18. The zero-order valence-corrected chi connectivity index (χ0v) is 11.3. The number of carbonyl (C=O) groups excluding carboxylic acids is 3. The predicted molar refractivity (Wildman–Crippen MR) is 69.0 cm³/mol. The van der Waals surface area contributed by atoms with E-state index in [1.807, 2.05) is 0 Å². The molecule has 1 heterocycles. The Balaban J connectivity index is 2.51. The summed E-state index contributed by atoms with van der Waals surface area (Å²) in [5, 5.41) is 15.3. The van der Waals surface area contributed by atoms with Gasteiger partial charge in [0, 0.05) is 25.8 Å². The molecule has 0 aromatic heterocycles. The van der Waals surface area contributed by atoms with E-state index in [2.05, 4.69) is 16.0 Å². The molecular formula is C11H19N5O3. The first-order chi connectivity index (χ1) is 8.82. The molecule has 1 rings (SSSR count). The van der Waals surface area contributed by atoms with E-state index in [1.54, 1.807) is 0 Å². The molecule has 0 aromatic carbocycles. The van der Waals surface area contributed by atoms with Gasteiger partial charge in [-0.2, -0.15) is 0 Å². The Labute approximate surface area is 111 Å². The Morgan fingerprint density at radius 1 is 1.47 bits per heavy atom. The lowest BCUT2D eigenvalue weighted by molar-refractivity contribution is -0.128. The average Bonchev–Trinajstić information content (AvgIpc) is 2.58. The van der Waals surface area contributed by atoms with Crippen molar-refractivity contribution in [1.29, 1.82) is 5.41 Å². The second-order valence-corrected chi connectivity index (χ2v) is 4.49. The number of hydrogen-bond acceptors (Lipinski definition) is 5. The molecule has 1 aliphatic heterocycles. The molecule has 8 heteroatoms. The monoisotopic (exact) mass is 269 g/mol. The summed E-state index contributed by atoms with van der Waals surface area (Å²) >= 11 is 0. The van der Waals surface area contributed by atoms with Gasteiger partial charge in [-0.15, -0.1) is 0 Å². The van der Waals surface area contributed by atoms with E-state index in [1.165, 1.54) is 20.9 Å². The van der Waals surface area contributed by atoms with Crippen LogP contribution in [0.3, 0.4) is 0 Å². The van der Waals surface area contributed by atoms with Gasteiger partial charge in [-0.05, 0) is 13.8 Å². The molecule has 0 radical (unpaired) electrons. The number of amides is 4. The van der Waals surface area contributed by atoms with Gasteiger partial charge < -0.3 is 21.4 Å². The van der Waals surface area contributed by atoms with E-state index in [4.69, 9.17) is 5.41 Å². The third kappa shape index (κ3) is 3.08. The number of urea groups is 1. The van der Waals surface area contributed by atoms with Gasteiger partial charge in [0.05, 0.1) is 6.54 Å². The zero-order valence-electron chi connectivity index (χ0n) is 11.3. The van der Waals surface area contributed by atoms with Gasteiger partial charge in [-0.1, -0.05) is 0 Å². The van der Waals surface area contributed by atoms with Gasteiger partial charge in [0.2, 0.25) is 5.91 Å². The summed E-state index contributed by atoms with van der Waals surface area (Å²) < 4.78 is 0. The summed E-state index contributed by atoms with van der Waals surface area (Å²) in [6, 6.07) is -0.513. The van der Waals surface area contributed by atoms with Crippen LogP contribution in [0.25, 0.3) is 0 Å². The van der Waals surface area contributed by atoms with Crippen LogP contribution < -0.4 is 16.0 Å². The molecule has 1 aliphatic rings. The van der Waals surface area contributed by atoms with Crippen molar-refractivity contribution in [2.75, 3.05) is 26.7 Å². The quantitative estimate of drug-likeness (QED) is 0.272. The number of nitrogens with one attached hydrogen (secondary N) is 4. The number of rotatable bonds is 6. The number of nitrogens with zero attached hydrogens (tertiary/aromatic N) is 1. The molecule has 1 atom stereocenters. The van der Waals surface area contributed by atoms with Gasteiger partial charge in [-0.25, -0.2) is 4.79 Å². The molecular weight excluding hydrogens is 250 g/mol. The first kappa shape index (κ1) is 15.1. The highest BCUT2D eigenvalue weighted by Gasteiger charge is 2.49. The van der Waals surface area contributed by atoms with Gasteiger partial charge in [0.1, 0.15) is 0 Å². The van der Waals surface area contributed by atoms with Crippen molar-refractivity contribution in [1.82, 2.24) is 20.9 Å². The number of imide groups is 1. The fraction of sp³-hybridized carbons (Fsp3) is 0.636. The van der Waals surface area contributed by atoms with Crippen molar-refractivity contribution in [3.63, 3.8) is 0 Å². The number of hydrogen-bond donors (Lipinski definition) is 4. The van der Waals surface area contributed by atoms with Crippen LogP contribution in [0, 0.1) is 5.41 Å². The lowest BCUT2D eigenvalue weighted by atomic mass is 9.97. The maximum atomic E-state index is 12.1. The summed E-state index contributed by atoms with van der Waals surface area (Å²) in [5.41, 5.74) is -1.16. The summed E-state index contributed by atoms with van der Waals surface area (Å²) in [4.78, 5) is 35.8. The second kappa shape index (κ2) is 5.79. The Bertz CT molecular complexity index is 423. The molecule has 1 fully saturated rings. The molecule has 106 valence electrons. The van der Waals surface area contributed by atoms with Gasteiger partial charge in [0.15, 0.2) is 5.54 Å². The Hall–Kier alpha value is -1.96. The van der Waals surface area contributed by atoms with Crippen LogP contribution in [-0.4, -0.2) is 60.7 Å². The smallest absolute Gasteiger partial charge is 0.325 e. The molecule has 19 heavy (non-hydrogen) atoms. The fourth-order valence-electron chi connectivity index (χ4n) is 1.64. The average molecular weight is 269 g/mol. The highest BCUT2D eigenvalue weighted by atomic mass is 16.2. The zero-order chi connectivity index (χ0) is 14.6. The third-order valence-corrected chi connectivity index (χ3v) is 3.10. The normalized spacial score (nSPS) is 22.4. The first-order valence-electron chi connectivity index (χ1n) is 5.94. The minimum atomic E-state index is -1.25. The Kier molecular flexibility index (Phi) is 4.60. The molecule has 0 aromatic rings. The summed E-state index contributed by atoms with van der Waals surface area (Å²) in [7, 11) is 1.53. The maximum Gasteiger partial charge on any atom is 0.325 e.